The second kappa shape index (κ2) is 7.94. The van der Waals surface area contributed by atoms with Crippen LogP contribution in [0.1, 0.15) is 12.0 Å². The molecule has 1 N–H and O–H groups in total. The number of benzene rings is 2. The fourth-order valence-electron chi connectivity index (χ4n) is 3.85. The van der Waals surface area contributed by atoms with Gasteiger partial charge in [-0.2, -0.15) is 5.10 Å². The van der Waals surface area contributed by atoms with Gasteiger partial charge in [0, 0.05) is 36.4 Å². The zero-order valence-electron chi connectivity index (χ0n) is 16.4. The topological polar surface area (TPSA) is 81.9 Å². The normalized spacial score (nSPS) is 15.0. The number of pyridine rings is 1. The average Bonchev–Trinajstić information content (AvgIpc) is 3.46. The van der Waals surface area contributed by atoms with E-state index in [1.54, 1.807) is 17.2 Å². The smallest absolute Gasteiger partial charge is 0.221 e. The highest BCUT2D eigenvalue weighted by Crippen LogP contribution is 2.36. The minimum absolute atomic E-state index is 0.0176. The fourth-order valence-corrected chi connectivity index (χ4v) is 3.85. The molecule has 0 bridgehead atoms. The van der Waals surface area contributed by atoms with Crippen LogP contribution in [0, 0.1) is 0 Å². The second-order valence-electron chi connectivity index (χ2n) is 7.38. The first-order valence-electron chi connectivity index (χ1n) is 9.98. The van der Waals surface area contributed by atoms with Crippen LogP contribution in [0.2, 0.25) is 0 Å². The molecule has 0 saturated carbocycles. The minimum atomic E-state index is -0.0566. The number of hydrogen-bond donors (Lipinski definition) is 1. The fraction of sp³-hybridized carbons (Fsp3) is 0.217. The van der Waals surface area contributed by atoms with E-state index in [4.69, 9.17) is 4.74 Å². The van der Waals surface area contributed by atoms with E-state index in [9.17, 15) is 4.79 Å². The summed E-state index contributed by atoms with van der Waals surface area (Å²) in [5.41, 5.74) is 3.44. The molecular weight excluding hydrogens is 378 g/mol. The summed E-state index contributed by atoms with van der Waals surface area (Å²) in [6.45, 7) is 1.00. The van der Waals surface area contributed by atoms with Crippen molar-refractivity contribution in [3.8, 4) is 16.9 Å². The number of amides is 1. The molecule has 2 aromatic carbocycles. The Balaban J connectivity index is 1.25. The van der Waals surface area contributed by atoms with Crippen molar-refractivity contribution in [2.75, 3.05) is 6.54 Å². The molecule has 30 heavy (non-hydrogen) atoms. The Morgan fingerprint density at radius 3 is 2.97 bits per heavy atom. The van der Waals surface area contributed by atoms with E-state index in [2.05, 4.69) is 50.7 Å². The van der Waals surface area contributed by atoms with E-state index in [1.165, 1.54) is 22.7 Å². The van der Waals surface area contributed by atoms with E-state index in [1.807, 2.05) is 18.3 Å². The second-order valence-corrected chi connectivity index (χ2v) is 7.38. The third-order valence-corrected chi connectivity index (χ3v) is 5.37. The molecule has 0 aliphatic carbocycles. The average molecular weight is 399 g/mol. The minimum Gasteiger partial charge on any atom is -0.488 e. The van der Waals surface area contributed by atoms with Crippen LogP contribution in [0.4, 0.5) is 0 Å². The van der Waals surface area contributed by atoms with Gasteiger partial charge in [-0.05, 0) is 34.5 Å². The number of rotatable bonds is 6. The summed E-state index contributed by atoms with van der Waals surface area (Å²) in [7, 11) is 0. The number of carbonyl (C=O) groups is 1. The summed E-state index contributed by atoms with van der Waals surface area (Å²) in [6, 6.07) is 14.6. The first-order valence-corrected chi connectivity index (χ1v) is 9.98. The Bertz CT molecular complexity index is 1180. The van der Waals surface area contributed by atoms with Crippen LogP contribution in [0.15, 0.2) is 67.5 Å². The lowest BCUT2D eigenvalue weighted by atomic mass is 9.97. The molecule has 4 aromatic rings. The lowest BCUT2D eigenvalue weighted by Gasteiger charge is -2.11. The van der Waals surface area contributed by atoms with Crippen LogP contribution in [-0.4, -0.2) is 38.3 Å². The van der Waals surface area contributed by atoms with Crippen LogP contribution in [-0.2, 0) is 17.8 Å². The number of ether oxygens (including phenoxy) is 1. The van der Waals surface area contributed by atoms with Gasteiger partial charge in [-0.1, -0.05) is 24.3 Å². The standard InChI is InChI=1S/C23H21N5O2/c29-23(7-9-28-15-25-14-27-28)26-13-19-11-21-20-5-3-16(18-2-1-8-24-12-18)10-17(20)4-6-22(21)30-19/h1-6,8,10,12,14-15,19H,7,9,11,13H2,(H,26,29). The van der Waals surface area contributed by atoms with E-state index in [0.717, 1.165) is 23.3 Å². The summed E-state index contributed by atoms with van der Waals surface area (Å²) in [6.07, 6.45) is 7.81. The highest BCUT2D eigenvalue weighted by atomic mass is 16.5. The molecule has 0 fully saturated rings. The molecule has 0 saturated heterocycles. The van der Waals surface area contributed by atoms with Crippen LogP contribution in [0.5, 0.6) is 5.75 Å². The SMILES string of the molecule is O=C(CCn1cncn1)NCC1Cc2c(ccc3cc(-c4cccnc4)ccc23)O1. The monoisotopic (exact) mass is 399 g/mol. The molecular formula is C23H21N5O2. The number of aryl methyl sites for hydroxylation is 1. The Labute approximate surface area is 173 Å². The van der Waals surface area contributed by atoms with Crippen molar-refractivity contribution < 1.29 is 9.53 Å². The predicted octanol–water partition coefficient (Wildman–Crippen LogP) is 3.00. The van der Waals surface area contributed by atoms with E-state index >= 15 is 0 Å². The molecule has 0 spiro atoms. The van der Waals surface area contributed by atoms with Crippen molar-refractivity contribution in [2.45, 2.75) is 25.5 Å². The molecule has 7 heteroatoms. The molecule has 2 aromatic heterocycles. The zero-order valence-corrected chi connectivity index (χ0v) is 16.4. The van der Waals surface area contributed by atoms with Crippen LogP contribution >= 0.6 is 0 Å². The molecule has 1 aliphatic heterocycles. The van der Waals surface area contributed by atoms with Gasteiger partial charge < -0.3 is 10.1 Å². The highest BCUT2D eigenvalue weighted by molar-refractivity contribution is 5.91. The Kier molecular flexibility index (Phi) is 4.85. The third kappa shape index (κ3) is 3.74. The van der Waals surface area contributed by atoms with Gasteiger partial charge in [0.05, 0.1) is 13.1 Å². The van der Waals surface area contributed by atoms with Crippen molar-refractivity contribution in [3.05, 3.63) is 73.1 Å². The number of hydrogen-bond acceptors (Lipinski definition) is 5. The molecule has 0 radical (unpaired) electrons. The van der Waals surface area contributed by atoms with Gasteiger partial charge in [-0.15, -0.1) is 0 Å². The van der Waals surface area contributed by atoms with Gasteiger partial charge in [0.1, 0.15) is 24.5 Å². The third-order valence-electron chi connectivity index (χ3n) is 5.37. The molecule has 1 atom stereocenters. The molecule has 5 rings (SSSR count). The molecule has 1 unspecified atom stereocenters. The Hall–Kier alpha value is -3.74. The van der Waals surface area contributed by atoms with Gasteiger partial charge in [0.2, 0.25) is 5.91 Å². The van der Waals surface area contributed by atoms with Crippen molar-refractivity contribution in [2.24, 2.45) is 0 Å². The highest BCUT2D eigenvalue weighted by Gasteiger charge is 2.25. The van der Waals surface area contributed by atoms with Crippen molar-refractivity contribution in [1.29, 1.82) is 0 Å². The summed E-state index contributed by atoms with van der Waals surface area (Å²) >= 11 is 0. The maximum atomic E-state index is 12.1. The predicted molar refractivity (Wildman–Crippen MR) is 113 cm³/mol. The van der Waals surface area contributed by atoms with Gasteiger partial charge in [-0.3, -0.25) is 14.5 Å². The summed E-state index contributed by atoms with van der Waals surface area (Å²) in [5.74, 6) is 0.884. The van der Waals surface area contributed by atoms with Gasteiger partial charge in [0.15, 0.2) is 0 Å². The first-order chi connectivity index (χ1) is 14.8. The molecule has 3 heterocycles. The Morgan fingerprint density at radius 1 is 1.17 bits per heavy atom. The molecule has 1 aliphatic rings. The van der Waals surface area contributed by atoms with Gasteiger partial charge in [-0.25, -0.2) is 4.98 Å². The molecule has 150 valence electrons. The number of nitrogens with one attached hydrogen (secondary N) is 1. The first kappa shape index (κ1) is 18.3. The lowest BCUT2D eigenvalue weighted by Crippen LogP contribution is -2.34. The zero-order chi connectivity index (χ0) is 20.3. The van der Waals surface area contributed by atoms with Crippen molar-refractivity contribution >= 4 is 16.7 Å². The maximum Gasteiger partial charge on any atom is 0.221 e. The largest absolute Gasteiger partial charge is 0.488 e. The number of aromatic nitrogens is 4. The number of nitrogens with zero attached hydrogens (tertiary/aromatic N) is 4. The molecule has 7 nitrogen and oxygen atoms in total. The number of carbonyl (C=O) groups excluding carboxylic acids is 1. The van der Waals surface area contributed by atoms with Crippen LogP contribution in [0.25, 0.3) is 21.9 Å². The van der Waals surface area contributed by atoms with Crippen molar-refractivity contribution in [1.82, 2.24) is 25.1 Å². The van der Waals surface area contributed by atoms with Gasteiger partial charge >= 0.3 is 0 Å². The summed E-state index contributed by atoms with van der Waals surface area (Å²) in [5, 5.41) is 9.34. The van der Waals surface area contributed by atoms with E-state index in [-0.39, 0.29) is 12.0 Å². The lowest BCUT2D eigenvalue weighted by molar-refractivity contribution is -0.121. The van der Waals surface area contributed by atoms with Gasteiger partial charge in [0.25, 0.3) is 0 Å². The van der Waals surface area contributed by atoms with Crippen LogP contribution < -0.4 is 10.1 Å². The maximum absolute atomic E-state index is 12.1. The Morgan fingerprint density at radius 2 is 2.13 bits per heavy atom. The number of fused-ring (bicyclic) bond motifs is 3. The van der Waals surface area contributed by atoms with E-state index < -0.39 is 0 Å². The van der Waals surface area contributed by atoms with Crippen LogP contribution in [0.3, 0.4) is 0 Å². The molecule has 1 amide bonds. The summed E-state index contributed by atoms with van der Waals surface area (Å²) in [4.78, 5) is 20.2. The summed E-state index contributed by atoms with van der Waals surface area (Å²) < 4.78 is 7.72. The van der Waals surface area contributed by atoms with E-state index in [0.29, 0.717) is 19.5 Å². The quantitative estimate of drug-likeness (QED) is 0.539. The van der Waals surface area contributed by atoms with Crippen molar-refractivity contribution in [3.63, 3.8) is 0 Å².